The highest BCUT2D eigenvalue weighted by molar-refractivity contribution is 9.25. The molecule has 1 aromatic rings. The molecule has 0 saturated carbocycles. The van der Waals surface area contributed by atoms with E-state index in [0.29, 0.717) is 0 Å². The van der Waals surface area contributed by atoms with E-state index in [0.717, 1.165) is 24.6 Å². The lowest BCUT2D eigenvalue weighted by Gasteiger charge is -2.23. The van der Waals surface area contributed by atoms with Gasteiger partial charge in [-0.1, -0.05) is 31.5 Å². The van der Waals surface area contributed by atoms with E-state index in [1.165, 1.54) is 0 Å². The van der Waals surface area contributed by atoms with Gasteiger partial charge in [-0.05, 0) is 33.8 Å². The zero-order valence-electron chi connectivity index (χ0n) is 9.20. The predicted octanol–water partition coefficient (Wildman–Crippen LogP) is 3.85. The summed E-state index contributed by atoms with van der Waals surface area (Å²) in [5, 5.41) is 0. The first-order valence-corrected chi connectivity index (χ1v) is 9.46. The molecule has 84 valence electrons. The monoisotopic (exact) mass is 288 g/mol. The zero-order chi connectivity index (χ0) is 11.1. The fourth-order valence-corrected chi connectivity index (χ4v) is 4.30. The molecule has 0 bridgehead atoms. The van der Waals surface area contributed by atoms with Gasteiger partial charge in [0.05, 0.1) is 0 Å². The van der Waals surface area contributed by atoms with Crippen molar-refractivity contribution < 1.29 is 8.85 Å². The summed E-state index contributed by atoms with van der Waals surface area (Å²) in [7, 11) is -0.465. The van der Waals surface area contributed by atoms with E-state index in [2.05, 4.69) is 22.2 Å². The Kier molecular flexibility index (Phi) is 5.35. The second-order valence-electron chi connectivity index (χ2n) is 3.38. The molecule has 4 heteroatoms. The number of rotatable bonds is 6. The summed E-state index contributed by atoms with van der Waals surface area (Å²) in [6, 6.07) is 10.8. The maximum atomic E-state index is 5.89. The summed E-state index contributed by atoms with van der Waals surface area (Å²) in [4.78, 5) is 0. The largest absolute Gasteiger partial charge is 0.513 e. The maximum absolute atomic E-state index is 5.89. The summed E-state index contributed by atoms with van der Waals surface area (Å²) >= 11 is 3.62. The van der Waals surface area contributed by atoms with Crippen molar-refractivity contribution in [1.29, 1.82) is 0 Å². The van der Waals surface area contributed by atoms with Crippen molar-refractivity contribution >= 4 is 22.5 Å². The van der Waals surface area contributed by atoms with Crippen molar-refractivity contribution in [3.05, 3.63) is 30.3 Å². The first-order valence-electron chi connectivity index (χ1n) is 5.18. The number of halogens is 1. The lowest BCUT2D eigenvalue weighted by Crippen LogP contribution is -2.37. The van der Waals surface area contributed by atoms with Gasteiger partial charge in [0, 0.05) is 13.2 Å². The predicted molar refractivity (Wildman–Crippen MR) is 68.5 cm³/mol. The minimum absolute atomic E-state index is 0.874. The van der Waals surface area contributed by atoms with E-state index in [1.807, 2.05) is 30.3 Å². The Balaban J connectivity index is 2.59. The third kappa shape index (κ3) is 4.36. The molecule has 1 atom stereocenters. The molecule has 0 spiro atoms. The highest BCUT2D eigenvalue weighted by Crippen LogP contribution is 2.25. The molecule has 2 nitrogen and oxygen atoms in total. The number of benzene rings is 1. The zero-order valence-corrected chi connectivity index (χ0v) is 11.8. The Hall–Kier alpha value is -0.323. The summed E-state index contributed by atoms with van der Waals surface area (Å²) in [5.41, 5.74) is 0. The second kappa shape index (κ2) is 6.30. The topological polar surface area (TPSA) is 18.5 Å². The van der Waals surface area contributed by atoms with E-state index < -0.39 is 7.18 Å². The van der Waals surface area contributed by atoms with Crippen LogP contribution in [0.3, 0.4) is 0 Å². The van der Waals surface area contributed by atoms with Crippen LogP contribution in [0.2, 0.25) is 6.04 Å². The average Bonchev–Trinajstić information content (AvgIpc) is 2.28. The van der Waals surface area contributed by atoms with Crippen molar-refractivity contribution in [1.82, 2.24) is 0 Å². The Morgan fingerprint density at radius 3 is 2.47 bits per heavy atom. The molecule has 1 rings (SSSR count). The Labute approximate surface area is 100 Å². The van der Waals surface area contributed by atoms with Crippen LogP contribution >= 0.6 is 15.3 Å². The van der Waals surface area contributed by atoms with Gasteiger partial charge in [-0.25, -0.2) is 0 Å². The lowest BCUT2D eigenvalue weighted by molar-refractivity contribution is 0.324. The van der Waals surface area contributed by atoms with E-state index in [4.69, 9.17) is 8.85 Å². The van der Waals surface area contributed by atoms with Gasteiger partial charge in [-0.3, -0.25) is 0 Å². The van der Waals surface area contributed by atoms with Gasteiger partial charge in [-0.2, -0.15) is 0 Å². The minimum atomic E-state index is -2.17. The van der Waals surface area contributed by atoms with Crippen molar-refractivity contribution in [2.45, 2.75) is 25.8 Å². The van der Waals surface area contributed by atoms with Crippen LogP contribution in [0.15, 0.2) is 30.3 Å². The van der Waals surface area contributed by atoms with Crippen molar-refractivity contribution in [2.75, 3.05) is 7.11 Å². The molecule has 0 saturated heterocycles. The summed E-state index contributed by atoms with van der Waals surface area (Å²) in [6.45, 7) is 2.17. The average molecular weight is 289 g/mol. The van der Waals surface area contributed by atoms with E-state index in [9.17, 15) is 0 Å². The van der Waals surface area contributed by atoms with Gasteiger partial charge >= 0.3 is 7.18 Å². The van der Waals surface area contributed by atoms with Gasteiger partial charge in [-0.15, -0.1) is 0 Å². The SMILES string of the molecule is CCCC[Si](Br)(OC)Oc1ccccc1. The Morgan fingerprint density at radius 2 is 1.93 bits per heavy atom. The highest BCUT2D eigenvalue weighted by Gasteiger charge is 2.34. The van der Waals surface area contributed by atoms with Crippen LogP contribution in [-0.2, 0) is 4.43 Å². The molecule has 0 aliphatic heterocycles. The number of hydrogen-bond donors (Lipinski definition) is 0. The molecular weight excluding hydrogens is 272 g/mol. The van der Waals surface area contributed by atoms with Gasteiger partial charge in [0.2, 0.25) is 0 Å². The third-order valence-electron chi connectivity index (χ3n) is 2.15. The smallest absolute Gasteiger partial charge is 0.475 e. The van der Waals surface area contributed by atoms with Gasteiger partial charge in [0.25, 0.3) is 0 Å². The normalized spacial score (nSPS) is 14.6. The molecule has 1 unspecified atom stereocenters. The molecular formula is C11H17BrO2Si. The summed E-state index contributed by atoms with van der Waals surface area (Å²) < 4.78 is 11.4. The molecule has 0 aliphatic rings. The van der Waals surface area contributed by atoms with Gasteiger partial charge < -0.3 is 8.85 Å². The van der Waals surface area contributed by atoms with E-state index >= 15 is 0 Å². The molecule has 0 heterocycles. The van der Waals surface area contributed by atoms with E-state index in [1.54, 1.807) is 7.11 Å². The van der Waals surface area contributed by atoms with Crippen molar-refractivity contribution in [3.63, 3.8) is 0 Å². The summed E-state index contributed by atoms with van der Waals surface area (Å²) in [6.07, 6.45) is 2.28. The summed E-state index contributed by atoms with van der Waals surface area (Å²) in [5.74, 6) is 0.874. The van der Waals surface area contributed by atoms with Gasteiger partial charge in [0.1, 0.15) is 5.75 Å². The first kappa shape index (κ1) is 12.7. The molecule has 0 N–H and O–H groups in total. The molecule has 0 radical (unpaired) electrons. The number of unbranched alkanes of at least 4 members (excludes halogenated alkanes) is 1. The van der Waals surface area contributed by atoms with E-state index in [-0.39, 0.29) is 0 Å². The standard InChI is InChI=1S/C11H17BrO2Si/c1-3-4-10-15(12,13-2)14-11-8-6-5-7-9-11/h5-9H,3-4,10H2,1-2H3. The Morgan fingerprint density at radius 1 is 1.27 bits per heavy atom. The second-order valence-corrected chi connectivity index (χ2v) is 9.44. The van der Waals surface area contributed by atoms with Crippen LogP contribution in [0, 0.1) is 0 Å². The van der Waals surface area contributed by atoms with Gasteiger partial charge in [0.15, 0.2) is 0 Å². The highest BCUT2D eigenvalue weighted by atomic mass is 79.9. The minimum Gasteiger partial charge on any atom is -0.513 e. The molecule has 15 heavy (non-hydrogen) atoms. The lowest BCUT2D eigenvalue weighted by atomic mass is 10.3. The van der Waals surface area contributed by atoms with Crippen molar-refractivity contribution in [3.8, 4) is 5.75 Å². The molecule has 0 aliphatic carbocycles. The third-order valence-corrected chi connectivity index (χ3v) is 6.89. The fraction of sp³-hybridized carbons (Fsp3) is 0.455. The van der Waals surface area contributed by atoms with Crippen LogP contribution in [0.5, 0.6) is 5.75 Å². The number of para-hydroxylation sites is 1. The fourth-order valence-electron chi connectivity index (χ4n) is 1.25. The van der Waals surface area contributed by atoms with Crippen LogP contribution in [0.4, 0.5) is 0 Å². The number of hydrogen-bond acceptors (Lipinski definition) is 2. The quantitative estimate of drug-likeness (QED) is 0.585. The van der Waals surface area contributed by atoms with Crippen molar-refractivity contribution in [2.24, 2.45) is 0 Å². The van der Waals surface area contributed by atoms with Crippen LogP contribution < -0.4 is 4.43 Å². The maximum Gasteiger partial charge on any atom is 0.475 e. The van der Waals surface area contributed by atoms with Crippen LogP contribution in [-0.4, -0.2) is 14.3 Å². The van der Waals surface area contributed by atoms with Crippen LogP contribution in [0.1, 0.15) is 19.8 Å². The molecule has 0 aromatic heterocycles. The molecule has 0 fully saturated rings. The van der Waals surface area contributed by atoms with Crippen LogP contribution in [0.25, 0.3) is 0 Å². The Bertz CT molecular complexity index is 281. The molecule has 0 amide bonds. The first-order chi connectivity index (χ1) is 7.20. The molecule has 1 aromatic carbocycles.